The minimum absolute atomic E-state index is 0.247. The largest absolute Gasteiger partial charge is 0.444 e. The Morgan fingerprint density at radius 1 is 1.10 bits per heavy atom. The maximum Gasteiger partial charge on any atom is 0.410 e. The fraction of sp³-hybridized carbons (Fsp3) is 0.417. The topological polar surface area (TPSA) is 50.6 Å². The highest BCUT2D eigenvalue weighted by atomic mass is 79.9. The number of nitrogens with zero attached hydrogens (tertiary/aromatic N) is 4. The van der Waals surface area contributed by atoms with Crippen LogP contribution in [-0.4, -0.2) is 52.3 Å². The second-order valence-corrected chi connectivity index (χ2v) is 9.91. The van der Waals surface area contributed by atoms with Gasteiger partial charge in [-0.1, -0.05) is 30.3 Å². The van der Waals surface area contributed by atoms with E-state index in [1.807, 2.05) is 26.8 Å². The lowest BCUT2D eigenvalue weighted by molar-refractivity contribution is 0.0240. The normalized spacial score (nSPS) is 14.9. The first kappa shape index (κ1) is 21.7. The SMILES string of the molecule is Cc1cc(Br)c2nc(N3CCN(C(=O)OC(C)(C)C)CC3)n(Cc3ccccc3)c2c1. The van der Waals surface area contributed by atoms with Crippen molar-refractivity contribution >= 4 is 39.0 Å². The third-order valence-electron chi connectivity index (χ3n) is 5.33. The van der Waals surface area contributed by atoms with Crippen molar-refractivity contribution in [1.82, 2.24) is 14.5 Å². The Balaban J connectivity index is 1.62. The molecule has 0 unspecified atom stereocenters. The molecule has 0 atom stereocenters. The third-order valence-corrected chi connectivity index (χ3v) is 5.93. The highest BCUT2D eigenvalue weighted by molar-refractivity contribution is 9.10. The molecule has 2 heterocycles. The molecule has 0 spiro atoms. The van der Waals surface area contributed by atoms with Crippen molar-refractivity contribution < 1.29 is 9.53 Å². The molecule has 1 saturated heterocycles. The van der Waals surface area contributed by atoms with Crippen LogP contribution in [0.4, 0.5) is 10.7 Å². The van der Waals surface area contributed by atoms with Crippen LogP contribution < -0.4 is 4.90 Å². The number of aromatic nitrogens is 2. The van der Waals surface area contributed by atoms with E-state index in [2.05, 4.69) is 68.7 Å². The number of hydrogen-bond donors (Lipinski definition) is 0. The predicted molar refractivity (Wildman–Crippen MR) is 128 cm³/mol. The number of rotatable bonds is 3. The smallest absolute Gasteiger partial charge is 0.410 e. The van der Waals surface area contributed by atoms with Gasteiger partial charge in [0.1, 0.15) is 11.1 Å². The molecule has 3 aromatic rings. The van der Waals surface area contributed by atoms with Crippen LogP contribution >= 0.6 is 15.9 Å². The number of piperazine rings is 1. The van der Waals surface area contributed by atoms with E-state index >= 15 is 0 Å². The summed E-state index contributed by atoms with van der Waals surface area (Å²) in [4.78, 5) is 21.5. The zero-order valence-electron chi connectivity index (χ0n) is 18.6. The van der Waals surface area contributed by atoms with Crippen molar-refractivity contribution in [3.8, 4) is 0 Å². The van der Waals surface area contributed by atoms with Crippen LogP contribution in [0.2, 0.25) is 0 Å². The lowest BCUT2D eigenvalue weighted by atomic mass is 10.2. The molecular formula is C24H29BrN4O2. The Bertz CT molecular complexity index is 1080. The van der Waals surface area contributed by atoms with Crippen LogP contribution in [0.1, 0.15) is 31.9 Å². The third kappa shape index (κ3) is 4.87. The van der Waals surface area contributed by atoms with E-state index < -0.39 is 5.60 Å². The monoisotopic (exact) mass is 484 g/mol. The lowest BCUT2D eigenvalue weighted by Gasteiger charge is -2.36. The van der Waals surface area contributed by atoms with Gasteiger partial charge in [0, 0.05) is 30.7 Å². The number of halogens is 1. The van der Waals surface area contributed by atoms with Crippen LogP contribution in [-0.2, 0) is 11.3 Å². The lowest BCUT2D eigenvalue weighted by Crippen LogP contribution is -2.50. The minimum atomic E-state index is -0.484. The summed E-state index contributed by atoms with van der Waals surface area (Å²) in [7, 11) is 0. The zero-order valence-corrected chi connectivity index (χ0v) is 20.1. The summed E-state index contributed by atoms with van der Waals surface area (Å²) in [5.74, 6) is 0.939. The summed E-state index contributed by atoms with van der Waals surface area (Å²) in [6.45, 7) is 11.2. The van der Waals surface area contributed by atoms with E-state index in [9.17, 15) is 4.79 Å². The van der Waals surface area contributed by atoms with Crippen LogP contribution in [0.15, 0.2) is 46.9 Å². The molecule has 0 bridgehead atoms. The average Bonchev–Trinajstić information content (AvgIpc) is 3.06. The second-order valence-electron chi connectivity index (χ2n) is 9.05. The summed E-state index contributed by atoms with van der Waals surface area (Å²) in [6.07, 6.45) is -0.247. The van der Waals surface area contributed by atoms with Crippen LogP contribution in [0, 0.1) is 6.92 Å². The number of amides is 1. The molecule has 1 amide bonds. The van der Waals surface area contributed by atoms with E-state index in [4.69, 9.17) is 9.72 Å². The molecule has 0 N–H and O–H groups in total. The predicted octanol–water partition coefficient (Wildman–Crippen LogP) is 5.21. The van der Waals surface area contributed by atoms with Gasteiger partial charge in [0.15, 0.2) is 0 Å². The summed E-state index contributed by atoms with van der Waals surface area (Å²) < 4.78 is 8.83. The van der Waals surface area contributed by atoms with Crippen molar-refractivity contribution in [3.05, 3.63) is 58.1 Å². The summed E-state index contributed by atoms with van der Waals surface area (Å²) in [5, 5.41) is 0. The van der Waals surface area contributed by atoms with Crippen LogP contribution in [0.25, 0.3) is 11.0 Å². The number of hydrogen-bond acceptors (Lipinski definition) is 4. The van der Waals surface area contributed by atoms with Crippen molar-refractivity contribution in [2.75, 3.05) is 31.1 Å². The van der Waals surface area contributed by atoms with Crippen molar-refractivity contribution in [2.24, 2.45) is 0 Å². The molecule has 1 aromatic heterocycles. The molecule has 6 nitrogen and oxygen atoms in total. The van der Waals surface area contributed by atoms with Gasteiger partial charge in [0.05, 0.1) is 12.1 Å². The molecule has 0 aliphatic carbocycles. The first-order valence-electron chi connectivity index (χ1n) is 10.6. The Hall–Kier alpha value is -2.54. The fourth-order valence-electron chi connectivity index (χ4n) is 3.88. The van der Waals surface area contributed by atoms with Gasteiger partial charge in [-0.3, -0.25) is 0 Å². The molecule has 164 valence electrons. The average molecular weight is 485 g/mol. The van der Waals surface area contributed by atoms with Gasteiger partial charge >= 0.3 is 6.09 Å². The van der Waals surface area contributed by atoms with Crippen LogP contribution in [0.5, 0.6) is 0 Å². The standard InChI is InChI=1S/C24H29BrN4O2/c1-17-14-19(25)21-20(15-17)29(16-18-8-6-5-7-9-18)22(26-21)27-10-12-28(13-11-27)23(30)31-24(2,3)4/h5-9,14-15H,10-13,16H2,1-4H3. The Morgan fingerprint density at radius 2 is 1.77 bits per heavy atom. The maximum absolute atomic E-state index is 12.4. The van der Waals surface area contributed by atoms with Gasteiger partial charge in [-0.05, 0) is 66.9 Å². The van der Waals surface area contributed by atoms with E-state index in [0.717, 1.165) is 28.0 Å². The summed E-state index contributed by atoms with van der Waals surface area (Å²) >= 11 is 3.70. The van der Waals surface area contributed by atoms with Gasteiger partial charge < -0.3 is 19.1 Å². The van der Waals surface area contributed by atoms with E-state index in [1.165, 1.54) is 11.1 Å². The van der Waals surface area contributed by atoms with Crippen LogP contribution in [0.3, 0.4) is 0 Å². The number of ether oxygens (including phenoxy) is 1. The van der Waals surface area contributed by atoms with Crippen molar-refractivity contribution in [1.29, 1.82) is 0 Å². The van der Waals surface area contributed by atoms with Crippen molar-refractivity contribution in [3.63, 3.8) is 0 Å². The van der Waals surface area contributed by atoms with Crippen molar-refractivity contribution in [2.45, 2.75) is 39.8 Å². The van der Waals surface area contributed by atoms with Gasteiger partial charge in [-0.25, -0.2) is 9.78 Å². The fourth-order valence-corrected chi connectivity index (χ4v) is 4.53. The second kappa shape index (κ2) is 8.54. The number of anilines is 1. The highest BCUT2D eigenvalue weighted by Gasteiger charge is 2.28. The van der Waals surface area contributed by atoms with E-state index in [1.54, 1.807) is 4.90 Å². The first-order chi connectivity index (χ1) is 14.7. The Labute approximate surface area is 191 Å². The molecule has 7 heteroatoms. The molecule has 31 heavy (non-hydrogen) atoms. The summed E-state index contributed by atoms with van der Waals surface area (Å²) in [5.41, 5.74) is 4.01. The molecular weight excluding hydrogens is 456 g/mol. The van der Waals surface area contributed by atoms with Gasteiger partial charge in [0.2, 0.25) is 5.95 Å². The molecule has 1 aliphatic rings. The number of carbonyl (C=O) groups is 1. The van der Waals surface area contributed by atoms with E-state index in [0.29, 0.717) is 26.2 Å². The number of benzene rings is 2. The van der Waals surface area contributed by atoms with Gasteiger partial charge in [-0.2, -0.15) is 0 Å². The van der Waals surface area contributed by atoms with Gasteiger partial charge in [-0.15, -0.1) is 0 Å². The molecule has 1 aliphatic heterocycles. The molecule has 2 aromatic carbocycles. The number of fused-ring (bicyclic) bond motifs is 1. The van der Waals surface area contributed by atoms with Gasteiger partial charge in [0.25, 0.3) is 0 Å². The molecule has 4 rings (SSSR count). The first-order valence-corrected chi connectivity index (χ1v) is 11.4. The highest BCUT2D eigenvalue weighted by Crippen LogP contribution is 2.31. The molecule has 1 fully saturated rings. The summed E-state index contributed by atoms with van der Waals surface area (Å²) in [6, 6.07) is 14.7. The quantitative estimate of drug-likeness (QED) is 0.511. The minimum Gasteiger partial charge on any atom is -0.444 e. The zero-order chi connectivity index (χ0) is 22.2. The molecule has 0 saturated carbocycles. The Kier molecular flexibility index (Phi) is 5.97. The Morgan fingerprint density at radius 3 is 2.42 bits per heavy atom. The number of carbonyl (C=O) groups excluding carboxylic acids is 1. The maximum atomic E-state index is 12.4. The molecule has 0 radical (unpaired) electrons. The number of aryl methyl sites for hydroxylation is 1. The van der Waals surface area contributed by atoms with E-state index in [-0.39, 0.29) is 6.09 Å². The number of imidazole rings is 1.